The number of aromatic nitrogens is 1. The SMILES string of the molecule is Cc1nc(CN(C)C(=O)C2CCCCCN2)cs1. The Morgan fingerprint density at radius 3 is 3.11 bits per heavy atom. The first-order valence-corrected chi connectivity index (χ1v) is 7.44. The number of thiazole rings is 1. The number of nitrogens with zero attached hydrogens (tertiary/aromatic N) is 2. The van der Waals surface area contributed by atoms with Crippen molar-refractivity contribution in [3.05, 3.63) is 16.1 Å². The van der Waals surface area contributed by atoms with Gasteiger partial charge in [-0.25, -0.2) is 4.98 Å². The van der Waals surface area contributed by atoms with E-state index in [2.05, 4.69) is 10.3 Å². The van der Waals surface area contributed by atoms with Gasteiger partial charge in [-0.1, -0.05) is 12.8 Å². The molecule has 1 saturated heterocycles. The minimum absolute atomic E-state index is 0.00256. The van der Waals surface area contributed by atoms with Crippen molar-refractivity contribution in [1.29, 1.82) is 0 Å². The number of nitrogens with one attached hydrogen (secondary N) is 1. The molecule has 1 aromatic rings. The van der Waals surface area contributed by atoms with Crippen molar-refractivity contribution in [2.45, 2.75) is 45.2 Å². The third-order valence-electron chi connectivity index (χ3n) is 3.30. The lowest BCUT2D eigenvalue weighted by atomic mass is 10.1. The molecule has 1 aliphatic heterocycles. The molecule has 1 aromatic heterocycles. The van der Waals surface area contributed by atoms with Crippen molar-refractivity contribution in [3.8, 4) is 0 Å². The van der Waals surface area contributed by atoms with Crippen LogP contribution in [0.5, 0.6) is 0 Å². The van der Waals surface area contributed by atoms with Crippen LogP contribution in [0.3, 0.4) is 0 Å². The molecule has 1 atom stereocenters. The zero-order valence-electron chi connectivity index (χ0n) is 11.1. The molecule has 1 unspecified atom stereocenters. The summed E-state index contributed by atoms with van der Waals surface area (Å²) in [5.74, 6) is 0.197. The molecule has 0 aliphatic carbocycles. The summed E-state index contributed by atoms with van der Waals surface area (Å²) in [6, 6.07) is -0.00256. The number of likely N-dealkylation sites (N-methyl/N-ethyl adjacent to an activating group) is 1. The summed E-state index contributed by atoms with van der Waals surface area (Å²) >= 11 is 1.63. The Morgan fingerprint density at radius 2 is 2.39 bits per heavy atom. The lowest BCUT2D eigenvalue weighted by Gasteiger charge is -2.22. The number of aryl methyl sites for hydroxylation is 1. The number of hydrogen-bond acceptors (Lipinski definition) is 4. The molecule has 1 amide bonds. The van der Waals surface area contributed by atoms with Crippen LogP contribution in [0, 0.1) is 6.92 Å². The summed E-state index contributed by atoms with van der Waals surface area (Å²) < 4.78 is 0. The van der Waals surface area contributed by atoms with E-state index in [9.17, 15) is 4.79 Å². The summed E-state index contributed by atoms with van der Waals surface area (Å²) in [5.41, 5.74) is 0.988. The van der Waals surface area contributed by atoms with E-state index in [1.807, 2.05) is 19.4 Å². The molecular weight excluding hydrogens is 246 g/mol. The van der Waals surface area contributed by atoms with E-state index in [1.165, 1.54) is 12.8 Å². The topological polar surface area (TPSA) is 45.2 Å². The van der Waals surface area contributed by atoms with Crippen molar-refractivity contribution in [2.24, 2.45) is 0 Å². The number of rotatable bonds is 3. The zero-order valence-corrected chi connectivity index (χ0v) is 11.9. The number of hydrogen-bond donors (Lipinski definition) is 1. The van der Waals surface area contributed by atoms with Crippen LogP contribution in [0.25, 0.3) is 0 Å². The van der Waals surface area contributed by atoms with E-state index in [4.69, 9.17) is 0 Å². The Hall–Kier alpha value is -0.940. The van der Waals surface area contributed by atoms with Crippen LogP contribution < -0.4 is 5.32 Å². The Bertz CT molecular complexity index is 397. The summed E-state index contributed by atoms with van der Waals surface area (Å²) in [6.45, 7) is 3.56. The molecule has 4 nitrogen and oxygen atoms in total. The summed E-state index contributed by atoms with van der Waals surface area (Å²) in [6.07, 6.45) is 4.51. The minimum atomic E-state index is -0.00256. The van der Waals surface area contributed by atoms with Crippen LogP contribution >= 0.6 is 11.3 Å². The molecular formula is C13H21N3OS. The number of amides is 1. The average Bonchev–Trinajstić information content (AvgIpc) is 2.62. The van der Waals surface area contributed by atoms with Gasteiger partial charge >= 0.3 is 0 Å². The van der Waals surface area contributed by atoms with Crippen LogP contribution in [0.4, 0.5) is 0 Å². The highest BCUT2D eigenvalue weighted by Crippen LogP contribution is 2.13. The highest BCUT2D eigenvalue weighted by Gasteiger charge is 2.23. The molecule has 18 heavy (non-hydrogen) atoms. The molecule has 1 fully saturated rings. The lowest BCUT2D eigenvalue weighted by molar-refractivity contribution is -0.132. The van der Waals surface area contributed by atoms with Crippen LogP contribution in [0.15, 0.2) is 5.38 Å². The van der Waals surface area contributed by atoms with Gasteiger partial charge in [-0.3, -0.25) is 4.79 Å². The third-order valence-corrected chi connectivity index (χ3v) is 4.12. The maximum Gasteiger partial charge on any atom is 0.239 e. The molecule has 100 valence electrons. The van der Waals surface area contributed by atoms with Gasteiger partial charge in [0.15, 0.2) is 0 Å². The first-order valence-electron chi connectivity index (χ1n) is 6.56. The maximum atomic E-state index is 12.3. The minimum Gasteiger partial charge on any atom is -0.338 e. The fourth-order valence-electron chi connectivity index (χ4n) is 2.31. The molecule has 2 rings (SSSR count). The molecule has 0 bridgehead atoms. The second kappa shape index (κ2) is 6.29. The smallest absolute Gasteiger partial charge is 0.239 e. The first-order chi connectivity index (χ1) is 8.66. The van der Waals surface area contributed by atoms with Gasteiger partial charge in [0.2, 0.25) is 5.91 Å². The third kappa shape index (κ3) is 3.53. The van der Waals surface area contributed by atoms with E-state index < -0.39 is 0 Å². The van der Waals surface area contributed by atoms with Crippen LogP contribution in [0.2, 0.25) is 0 Å². The zero-order chi connectivity index (χ0) is 13.0. The Labute approximate surface area is 112 Å². The summed E-state index contributed by atoms with van der Waals surface area (Å²) in [4.78, 5) is 18.5. The fourth-order valence-corrected chi connectivity index (χ4v) is 2.91. The average molecular weight is 267 g/mol. The van der Waals surface area contributed by atoms with Gasteiger partial charge in [-0.15, -0.1) is 11.3 Å². The number of carbonyl (C=O) groups excluding carboxylic acids is 1. The fraction of sp³-hybridized carbons (Fsp3) is 0.692. The standard InChI is InChI=1S/C13H21N3OS/c1-10-15-11(9-18-10)8-16(2)13(17)12-6-4-3-5-7-14-12/h9,12,14H,3-8H2,1-2H3. The molecule has 1 aliphatic rings. The molecule has 0 spiro atoms. The van der Waals surface area contributed by atoms with Crippen LogP contribution in [-0.4, -0.2) is 35.4 Å². The quantitative estimate of drug-likeness (QED) is 0.910. The van der Waals surface area contributed by atoms with Gasteiger partial charge in [-0.05, 0) is 26.3 Å². The Kier molecular flexibility index (Phi) is 4.72. The normalized spacial score (nSPS) is 20.4. The van der Waals surface area contributed by atoms with Crippen molar-refractivity contribution in [1.82, 2.24) is 15.2 Å². The Balaban J connectivity index is 1.91. The molecule has 0 radical (unpaired) electrons. The molecule has 1 N–H and O–H groups in total. The Morgan fingerprint density at radius 1 is 1.56 bits per heavy atom. The molecule has 0 saturated carbocycles. The molecule has 5 heteroatoms. The van der Waals surface area contributed by atoms with Gasteiger partial charge in [-0.2, -0.15) is 0 Å². The van der Waals surface area contributed by atoms with E-state index in [0.29, 0.717) is 6.54 Å². The van der Waals surface area contributed by atoms with Gasteiger partial charge in [0.25, 0.3) is 0 Å². The molecule has 2 heterocycles. The molecule has 0 aromatic carbocycles. The van der Waals surface area contributed by atoms with Crippen molar-refractivity contribution in [3.63, 3.8) is 0 Å². The van der Waals surface area contributed by atoms with Gasteiger partial charge in [0, 0.05) is 12.4 Å². The highest BCUT2D eigenvalue weighted by molar-refractivity contribution is 7.09. The predicted molar refractivity (Wildman–Crippen MR) is 73.6 cm³/mol. The van der Waals surface area contributed by atoms with Crippen molar-refractivity contribution in [2.75, 3.05) is 13.6 Å². The maximum absolute atomic E-state index is 12.3. The van der Waals surface area contributed by atoms with Crippen LogP contribution in [-0.2, 0) is 11.3 Å². The van der Waals surface area contributed by atoms with E-state index in [1.54, 1.807) is 16.2 Å². The van der Waals surface area contributed by atoms with E-state index in [0.717, 1.165) is 30.1 Å². The second-order valence-electron chi connectivity index (χ2n) is 4.91. The van der Waals surface area contributed by atoms with Gasteiger partial charge < -0.3 is 10.2 Å². The van der Waals surface area contributed by atoms with Crippen molar-refractivity contribution >= 4 is 17.2 Å². The monoisotopic (exact) mass is 267 g/mol. The summed E-state index contributed by atoms with van der Waals surface area (Å²) in [5, 5.41) is 6.43. The predicted octanol–water partition coefficient (Wildman–Crippen LogP) is 1.94. The second-order valence-corrected chi connectivity index (χ2v) is 5.97. The summed E-state index contributed by atoms with van der Waals surface area (Å²) in [7, 11) is 1.86. The van der Waals surface area contributed by atoms with Gasteiger partial charge in [0.05, 0.1) is 23.3 Å². The first kappa shape index (κ1) is 13.5. The van der Waals surface area contributed by atoms with Crippen molar-refractivity contribution < 1.29 is 4.79 Å². The largest absolute Gasteiger partial charge is 0.338 e. The van der Waals surface area contributed by atoms with Crippen LogP contribution in [0.1, 0.15) is 36.4 Å². The number of carbonyl (C=O) groups is 1. The van der Waals surface area contributed by atoms with E-state index in [-0.39, 0.29) is 11.9 Å². The lowest BCUT2D eigenvalue weighted by Crippen LogP contribution is -2.44. The highest BCUT2D eigenvalue weighted by atomic mass is 32.1. The van der Waals surface area contributed by atoms with E-state index >= 15 is 0 Å². The van der Waals surface area contributed by atoms with Gasteiger partial charge in [0.1, 0.15) is 0 Å².